The fourth-order valence-corrected chi connectivity index (χ4v) is 9.71. The first-order valence-corrected chi connectivity index (χ1v) is 18.6. The maximum absolute atomic E-state index is 14.1. The van der Waals surface area contributed by atoms with E-state index in [0.717, 1.165) is 41.2 Å². The third-order valence-electron chi connectivity index (χ3n) is 10.1. The van der Waals surface area contributed by atoms with E-state index in [1.54, 1.807) is 18.2 Å². The summed E-state index contributed by atoms with van der Waals surface area (Å²) in [4.78, 5) is 28.8. The van der Waals surface area contributed by atoms with Crippen molar-refractivity contribution in [2.45, 2.75) is 89.6 Å². The van der Waals surface area contributed by atoms with Crippen LogP contribution in [0.2, 0.25) is 10.0 Å². The molecule has 4 bridgehead atoms. The van der Waals surface area contributed by atoms with Crippen LogP contribution in [0.15, 0.2) is 42.5 Å². The summed E-state index contributed by atoms with van der Waals surface area (Å²) in [7, 11) is -3.83. The predicted molar refractivity (Wildman–Crippen MR) is 177 cm³/mol. The molecule has 10 heteroatoms. The van der Waals surface area contributed by atoms with Crippen LogP contribution in [0.3, 0.4) is 0 Å². The van der Waals surface area contributed by atoms with Crippen LogP contribution in [-0.2, 0) is 31.6 Å². The van der Waals surface area contributed by atoms with Crippen molar-refractivity contribution in [1.29, 1.82) is 0 Å². The first kappa shape index (κ1) is 33.1. The standard InChI is InChI=1S/C34H45Cl2N3O4S/c1-4-6-14-37-33(41)31(5-2)38(21-28-29(35)8-7-9-30(28)36)32(40)22-39(44(3,42)43)27-12-10-26(11-13-27)34-18-23-15-24(19-34)17-25(16-23)20-34/h7-13,23-25,31H,4-6,14-22H2,1-3H3,(H,37,41)/t23?,24?,25?,31-,34?/m0/s1. The van der Waals surface area contributed by atoms with Gasteiger partial charge in [-0.3, -0.25) is 13.9 Å². The summed E-state index contributed by atoms with van der Waals surface area (Å²) in [5, 5.41) is 3.67. The van der Waals surface area contributed by atoms with E-state index >= 15 is 0 Å². The Bertz CT molecular complexity index is 1410. The summed E-state index contributed by atoms with van der Waals surface area (Å²) in [5.74, 6) is 1.61. The first-order chi connectivity index (χ1) is 20.9. The van der Waals surface area contributed by atoms with Crippen molar-refractivity contribution in [2.24, 2.45) is 17.8 Å². The lowest BCUT2D eigenvalue weighted by molar-refractivity contribution is -0.140. The molecule has 0 aromatic heterocycles. The minimum absolute atomic E-state index is 0.0282. The molecule has 44 heavy (non-hydrogen) atoms. The Balaban J connectivity index is 1.41. The molecule has 4 fully saturated rings. The number of nitrogens with one attached hydrogen (secondary N) is 1. The Labute approximate surface area is 272 Å². The maximum Gasteiger partial charge on any atom is 0.244 e. The van der Waals surface area contributed by atoms with Gasteiger partial charge in [-0.15, -0.1) is 0 Å². The zero-order valence-electron chi connectivity index (χ0n) is 26.0. The Morgan fingerprint density at radius 3 is 2.02 bits per heavy atom. The highest BCUT2D eigenvalue weighted by Crippen LogP contribution is 2.60. The number of hydrogen-bond donors (Lipinski definition) is 1. The van der Waals surface area contributed by atoms with Gasteiger partial charge in [0.25, 0.3) is 0 Å². The van der Waals surface area contributed by atoms with E-state index in [1.807, 2.05) is 26.0 Å². The summed E-state index contributed by atoms with van der Waals surface area (Å²) in [5.41, 5.74) is 2.41. The number of halogens is 2. The van der Waals surface area contributed by atoms with E-state index in [2.05, 4.69) is 17.4 Å². The van der Waals surface area contributed by atoms with Crippen LogP contribution in [0.4, 0.5) is 5.69 Å². The van der Waals surface area contributed by atoms with Crippen LogP contribution in [0, 0.1) is 17.8 Å². The van der Waals surface area contributed by atoms with Crippen molar-refractivity contribution in [1.82, 2.24) is 10.2 Å². The number of anilines is 1. The van der Waals surface area contributed by atoms with Crippen LogP contribution < -0.4 is 9.62 Å². The first-order valence-electron chi connectivity index (χ1n) is 16.0. The van der Waals surface area contributed by atoms with Gasteiger partial charge in [-0.2, -0.15) is 0 Å². The molecule has 2 aromatic rings. The van der Waals surface area contributed by atoms with Crippen molar-refractivity contribution in [3.05, 3.63) is 63.6 Å². The second kappa shape index (κ2) is 13.6. The van der Waals surface area contributed by atoms with Gasteiger partial charge in [0.15, 0.2) is 0 Å². The normalized spacial score (nSPS) is 24.6. The number of rotatable bonds is 13. The number of carbonyl (C=O) groups excluding carboxylic acids is 2. The number of carbonyl (C=O) groups is 2. The average Bonchev–Trinajstić information content (AvgIpc) is 2.96. The van der Waals surface area contributed by atoms with E-state index < -0.39 is 28.5 Å². The summed E-state index contributed by atoms with van der Waals surface area (Å²) in [6.45, 7) is 3.88. The molecule has 1 atom stereocenters. The fourth-order valence-electron chi connectivity index (χ4n) is 8.34. The minimum Gasteiger partial charge on any atom is -0.354 e. The number of amides is 2. The molecule has 2 amide bonds. The van der Waals surface area contributed by atoms with Gasteiger partial charge in [0.2, 0.25) is 21.8 Å². The van der Waals surface area contributed by atoms with Crippen LogP contribution in [-0.4, -0.2) is 50.5 Å². The lowest BCUT2D eigenvalue weighted by atomic mass is 9.48. The molecule has 6 rings (SSSR count). The van der Waals surface area contributed by atoms with Crippen LogP contribution >= 0.6 is 23.2 Å². The van der Waals surface area contributed by atoms with Crippen molar-refractivity contribution in [3.63, 3.8) is 0 Å². The quantitative estimate of drug-likeness (QED) is 0.235. The molecule has 2 aromatic carbocycles. The summed E-state index contributed by atoms with van der Waals surface area (Å²) in [6, 6.07) is 12.1. The maximum atomic E-state index is 14.1. The second-order valence-electron chi connectivity index (χ2n) is 13.3. The molecule has 240 valence electrons. The van der Waals surface area contributed by atoms with Crippen LogP contribution in [0.1, 0.15) is 82.8 Å². The predicted octanol–water partition coefficient (Wildman–Crippen LogP) is 6.95. The van der Waals surface area contributed by atoms with E-state index in [1.165, 1.54) is 49.0 Å². The number of benzene rings is 2. The van der Waals surface area contributed by atoms with Gasteiger partial charge in [0.05, 0.1) is 11.9 Å². The molecule has 4 aliphatic carbocycles. The molecule has 0 radical (unpaired) electrons. The molecular formula is C34H45Cl2N3O4S. The van der Waals surface area contributed by atoms with Gasteiger partial charge < -0.3 is 10.2 Å². The fraction of sp³-hybridized carbons (Fsp3) is 0.588. The largest absolute Gasteiger partial charge is 0.354 e. The average molecular weight is 663 g/mol. The molecule has 0 saturated heterocycles. The lowest BCUT2D eigenvalue weighted by Crippen LogP contribution is -2.52. The van der Waals surface area contributed by atoms with Crippen LogP contribution in [0.5, 0.6) is 0 Å². The Hall–Kier alpha value is -2.29. The second-order valence-corrected chi connectivity index (χ2v) is 16.0. The lowest BCUT2D eigenvalue weighted by Gasteiger charge is -2.57. The van der Waals surface area contributed by atoms with Gasteiger partial charge in [-0.1, -0.05) is 61.7 Å². The monoisotopic (exact) mass is 661 g/mol. The SMILES string of the molecule is CCCCNC(=O)[C@H](CC)N(Cc1c(Cl)cccc1Cl)C(=O)CN(c1ccc(C23CC4CC(CC(C4)C2)C3)cc1)S(C)(=O)=O. The summed E-state index contributed by atoms with van der Waals surface area (Å²) >= 11 is 13.0. The molecular weight excluding hydrogens is 617 g/mol. The highest BCUT2D eigenvalue weighted by Gasteiger charge is 2.51. The Morgan fingerprint density at radius 2 is 1.52 bits per heavy atom. The van der Waals surface area contributed by atoms with E-state index in [-0.39, 0.29) is 17.9 Å². The third kappa shape index (κ3) is 7.07. The summed E-state index contributed by atoms with van der Waals surface area (Å²) < 4.78 is 27.4. The molecule has 0 aliphatic heterocycles. The van der Waals surface area contributed by atoms with Crippen molar-refractivity contribution < 1.29 is 18.0 Å². The highest BCUT2D eigenvalue weighted by atomic mass is 35.5. The van der Waals surface area contributed by atoms with E-state index in [4.69, 9.17) is 23.2 Å². The topological polar surface area (TPSA) is 86.8 Å². The molecule has 4 saturated carbocycles. The molecule has 1 N–H and O–H groups in total. The minimum atomic E-state index is -3.83. The molecule has 7 nitrogen and oxygen atoms in total. The van der Waals surface area contributed by atoms with E-state index in [9.17, 15) is 18.0 Å². The van der Waals surface area contributed by atoms with Gasteiger partial charge >= 0.3 is 0 Å². The van der Waals surface area contributed by atoms with Gasteiger partial charge in [0.1, 0.15) is 12.6 Å². The molecule has 4 aliphatic rings. The molecule has 0 spiro atoms. The number of nitrogens with zero attached hydrogens (tertiary/aromatic N) is 2. The Kier molecular flexibility index (Phi) is 10.2. The van der Waals surface area contributed by atoms with Gasteiger partial charge in [-0.25, -0.2) is 8.42 Å². The summed E-state index contributed by atoms with van der Waals surface area (Å²) in [6.07, 6.45) is 10.9. The van der Waals surface area contributed by atoms with Gasteiger partial charge in [0, 0.05) is 28.7 Å². The Morgan fingerprint density at radius 1 is 0.955 bits per heavy atom. The number of sulfonamides is 1. The third-order valence-corrected chi connectivity index (χ3v) is 11.9. The smallest absolute Gasteiger partial charge is 0.244 e. The van der Waals surface area contributed by atoms with Crippen LogP contribution in [0.25, 0.3) is 0 Å². The van der Waals surface area contributed by atoms with E-state index in [0.29, 0.717) is 34.3 Å². The van der Waals surface area contributed by atoms with Crippen molar-refractivity contribution >= 4 is 50.7 Å². The molecule has 0 unspecified atom stereocenters. The number of unbranched alkanes of at least 4 members (excludes halogenated alkanes) is 1. The van der Waals surface area contributed by atoms with Gasteiger partial charge in [-0.05, 0) is 104 Å². The van der Waals surface area contributed by atoms with Crippen molar-refractivity contribution in [3.8, 4) is 0 Å². The highest BCUT2D eigenvalue weighted by molar-refractivity contribution is 7.92. The zero-order valence-corrected chi connectivity index (χ0v) is 28.4. The van der Waals surface area contributed by atoms with Crippen molar-refractivity contribution in [2.75, 3.05) is 23.7 Å². The zero-order chi connectivity index (χ0) is 31.6. The number of hydrogen-bond acceptors (Lipinski definition) is 4. The molecule has 0 heterocycles.